The molecule has 0 aliphatic carbocycles. The van der Waals surface area contributed by atoms with Crippen molar-refractivity contribution in [3.05, 3.63) is 69.7 Å². The van der Waals surface area contributed by atoms with Gasteiger partial charge in [-0.15, -0.1) is 0 Å². The molecule has 2 nitrogen and oxygen atoms in total. The molecule has 1 heterocycles. The van der Waals surface area contributed by atoms with Gasteiger partial charge in [0.05, 0.1) is 11.6 Å². The zero-order valence-electron chi connectivity index (χ0n) is 16.8. The first-order valence-corrected chi connectivity index (χ1v) is 10.5. The first-order valence-electron chi connectivity index (χ1n) is 9.75. The Bertz CT molecular complexity index is 916. The van der Waals surface area contributed by atoms with Crippen LogP contribution in [0.2, 0.25) is 10.0 Å². The molecule has 2 aromatic carbocycles. The molecular formula is C23H23Cl2F3N2. The van der Waals surface area contributed by atoms with E-state index in [0.29, 0.717) is 17.1 Å². The highest BCUT2D eigenvalue weighted by molar-refractivity contribution is 6.34. The van der Waals surface area contributed by atoms with Crippen molar-refractivity contribution in [3.8, 4) is 0 Å². The van der Waals surface area contributed by atoms with Crippen molar-refractivity contribution in [2.75, 3.05) is 11.6 Å². The number of hydrogen-bond donors (Lipinski definition) is 0. The number of halogens is 5. The van der Waals surface area contributed by atoms with Crippen molar-refractivity contribution in [2.45, 2.75) is 38.8 Å². The molecule has 0 saturated heterocycles. The van der Waals surface area contributed by atoms with Gasteiger partial charge in [0.25, 0.3) is 0 Å². The number of rotatable bonds is 4. The highest BCUT2D eigenvalue weighted by Crippen LogP contribution is 2.39. The monoisotopic (exact) mass is 454 g/mol. The largest absolute Gasteiger partial charge is 0.399 e. The van der Waals surface area contributed by atoms with Crippen LogP contribution in [0.4, 0.5) is 18.9 Å². The van der Waals surface area contributed by atoms with E-state index in [0.717, 1.165) is 25.1 Å². The van der Waals surface area contributed by atoms with E-state index in [1.54, 1.807) is 6.92 Å². The van der Waals surface area contributed by atoms with Crippen LogP contribution < -0.4 is 5.01 Å². The van der Waals surface area contributed by atoms with Crippen molar-refractivity contribution in [2.24, 2.45) is 11.0 Å². The average molecular weight is 455 g/mol. The zero-order valence-corrected chi connectivity index (χ0v) is 18.3. The maximum Gasteiger partial charge on any atom is 0.399 e. The number of allylic oxidation sites excluding steroid dienone is 2. The first kappa shape index (κ1) is 22.7. The second kappa shape index (κ2) is 9.44. The molecule has 0 radical (unpaired) electrons. The van der Waals surface area contributed by atoms with Crippen LogP contribution in [0.1, 0.15) is 43.7 Å². The lowest BCUT2D eigenvalue weighted by atomic mass is 9.94. The summed E-state index contributed by atoms with van der Waals surface area (Å²) in [5, 5.41) is 6.76. The third kappa shape index (κ3) is 5.79. The number of nitrogens with zero attached hydrogens (tertiary/aromatic N) is 2. The van der Waals surface area contributed by atoms with Crippen LogP contribution in [0.15, 0.2) is 53.6 Å². The van der Waals surface area contributed by atoms with E-state index in [2.05, 4.69) is 12.0 Å². The molecule has 30 heavy (non-hydrogen) atoms. The van der Waals surface area contributed by atoms with Crippen LogP contribution >= 0.6 is 23.2 Å². The van der Waals surface area contributed by atoms with Gasteiger partial charge in [0.1, 0.15) is 0 Å². The van der Waals surface area contributed by atoms with Gasteiger partial charge in [-0.3, -0.25) is 5.01 Å². The third-order valence-electron chi connectivity index (χ3n) is 5.13. The van der Waals surface area contributed by atoms with Crippen molar-refractivity contribution in [1.29, 1.82) is 0 Å². The molecule has 7 heteroatoms. The fourth-order valence-corrected chi connectivity index (χ4v) is 4.04. The molecule has 0 fully saturated rings. The van der Waals surface area contributed by atoms with Gasteiger partial charge < -0.3 is 0 Å². The Hall–Kier alpha value is -1.98. The van der Waals surface area contributed by atoms with Crippen LogP contribution in [0.5, 0.6) is 0 Å². The van der Waals surface area contributed by atoms with Crippen LogP contribution in [-0.2, 0) is 0 Å². The molecule has 0 aromatic heterocycles. The minimum absolute atomic E-state index is 0.0175. The van der Waals surface area contributed by atoms with Gasteiger partial charge in [-0.2, -0.15) is 18.3 Å². The second-order valence-corrected chi connectivity index (χ2v) is 8.55. The molecule has 3 rings (SSSR count). The minimum Gasteiger partial charge on any atom is -0.266 e. The van der Waals surface area contributed by atoms with E-state index in [1.807, 2.05) is 35.5 Å². The smallest absolute Gasteiger partial charge is 0.266 e. The number of hydrazone groups is 1. The van der Waals surface area contributed by atoms with Gasteiger partial charge in [-0.1, -0.05) is 48.3 Å². The summed E-state index contributed by atoms with van der Waals surface area (Å²) in [6, 6.07) is 11.5. The summed E-state index contributed by atoms with van der Waals surface area (Å²) in [7, 11) is 0. The van der Waals surface area contributed by atoms with Gasteiger partial charge in [-0.05, 0) is 72.7 Å². The molecule has 2 atom stereocenters. The van der Waals surface area contributed by atoms with Gasteiger partial charge in [0.2, 0.25) is 0 Å². The lowest BCUT2D eigenvalue weighted by molar-refractivity contribution is -0.139. The molecule has 0 bridgehead atoms. The summed E-state index contributed by atoms with van der Waals surface area (Å²) in [5.41, 5.74) is 2.18. The van der Waals surface area contributed by atoms with Crippen LogP contribution in [0, 0.1) is 5.92 Å². The SMILES string of the molecule is CC(=CC(c1cc(Cl)cc(Cl)c1)C(F)(F)F)c1ccc(N2CC(C)CCC=N2)cc1. The highest BCUT2D eigenvalue weighted by Gasteiger charge is 2.39. The maximum absolute atomic E-state index is 13.8. The van der Waals surface area contributed by atoms with E-state index in [9.17, 15) is 13.2 Å². The van der Waals surface area contributed by atoms with Crippen LogP contribution in [-0.4, -0.2) is 18.9 Å². The minimum atomic E-state index is -4.47. The Balaban J connectivity index is 1.88. The van der Waals surface area contributed by atoms with Crippen LogP contribution in [0.25, 0.3) is 5.57 Å². The summed E-state index contributed by atoms with van der Waals surface area (Å²) in [6.07, 6.45) is 0.693. The maximum atomic E-state index is 13.8. The summed E-state index contributed by atoms with van der Waals surface area (Å²) < 4.78 is 41.3. The number of anilines is 1. The highest BCUT2D eigenvalue weighted by atomic mass is 35.5. The van der Waals surface area contributed by atoms with Gasteiger partial charge in [-0.25, -0.2) is 0 Å². The van der Waals surface area contributed by atoms with Gasteiger partial charge >= 0.3 is 6.18 Å². The van der Waals surface area contributed by atoms with E-state index < -0.39 is 12.1 Å². The normalized spacial score (nSPS) is 19.0. The summed E-state index contributed by atoms with van der Waals surface area (Å²) in [5.74, 6) is -1.28. The molecule has 0 spiro atoms. The Labute approximate surface area is 185 Å². The quantitative estimate of drug-likeness (QED) is 0.457. The molecular weight excluding hydrogens is 432 g/mol. The van der Waals surface area contributed by atoms with Crippen molar-refractivity contribution in [3.63, 3.8) is 0 Å². The van der Waals surface area contributed by atoms with Crippen molar-refractivity contribution >= 4 is 40.7 Å². The molecule has 0 saturated carbocycles. The zero-order chi connectivity index (χ0) is 21.9. The van der Waals surface area contributed by atoms with E-state index in [4.69, 9.17) is 23.2 Å². The Morgan fingerprint density at radius 1 is 1.13 bits per heavy atom. The molecule has 160 valence electrons. The predicted molar refractivity (Wildman–Crippen MR) is 120 cm³/mol. The topological polar surface area (TPSA) is 15.6 Å². The Morgan fingerprint density at radius 3 is 2.37 bits per heavy atom. The lowest BCUT2D eigenvalue weighted by Crippen LogP contribution is -2.21. The summed E-state index contributed by atoms with van der Waals surface area (Å²) >= 11 is 11.8. The fraction of sp³-hybridized carbons (Fsp3) is 0.348. The van der Waals surface area contributed by atoms with Crippen molar-refractivity contribution in [1.82, 2.24) is 0 Å². The summed E-state index contributed by atoms with van der Waals surface area (Å²) in [4.78, 5) is 0. The van der Waals surface area contributed by atoms with E-state index in [1.165, 1.54) is 24.3 Å². The van der Waals surface area contributed by atoms with Gasteiger partial charge in [0, 0.05) is 22.8 Å². The Kier molecular flexibility index (Phi) is 7.14. The molecule has 2 unspecified atom stereocenters. The molecule has 1 aliphatic rings. The predicted octanol–water partition coefficient (Wildman–Crippen LogP) is 7.96. The Morgan fingerprint density at radius 2 is 1.77 bits per heavy atom. The summed E-state index contributed by atoms with van der Waals surface area (Å²) in [6.45, 7) is 4.67. The average Bonchev–Trinajstić information content (AvgIpc) is 2.88. The fourth-order valence-electron chi connectivity index (χ4n) is 3.50. The van der Waals surface area contributed by atoms with E-state index in [-0.39, 0.29) is 15.6 Å². The van der Waals surface area contributed by atoms with Crippen molar-refractivity contribution < 1.29 is 13.2 Å². The molecule has 2 aromatic rings. The molecule has 1 aliphatic heterocycles. The number of alkyl halides is 3. The number of benzene rings is 2. The van der Waals surface area contributed by atoms with Gasteiger partial charge in [0.15, 0.2) is 0 Å². The third-order valence-corrected chi connectivity index (χ3v) is 5.56. The molecule has 0 amide bonds. The number of hydrogen-bond acceptors (Lipinski definition) is 2. The standard InChI is InChI=1S/C23H23Cl2F3N2/c1-15-4-3-9-29-30(14-15)21-7-5-17(6-8-21)16(2)10-22(23(26,27)28)18-11-19(24)13-20(25)12-18/h5-13,15,22H,3-4,14H2,1-2H3. The first-order chi connectivity index (χ1) is 14.1. The van der Waals surface area contributed by atoms with Crippen LogP contribution in [0.3, 0.4) is 0 Å². The second-order valence-electron chi connectivity index (χ2n) is 7.68. The molecule has 0 N–H and O–H groups in total. The lowest BCUT2D eigenvalue weighted by Gasteiger charge is -2.21. The van der Waals surface area contributed by atoms with E-state index >= 15 is 0 Å².